The van der Waals surface area contributed by atoms with Gasteiger partial charge in [-0.15, -0.1) is 6.42 Å². The van der Waals surface area contributed by atoms with E-state index in [2.05, 4.69) is 126 Å². The average molecular weight is 1040 g/mol. The van der Waals surface area contributed by atoms with Crippen LogP contribution in [0.5, 0.6) is 0 Å². The molecule has 0 amide bonds. The fraction of sp³-hybridized carbons (Fsp3) is 0.708. The highest BCUT2D eigenvalue weighted by Crippen LogP contribution is 2.71. The standard InChI is InChI=1S/C30H42N2O2.C23H37BrO2.C11H4.CH4/c1-4-30-16-15-28(2,34)17-20(30)9-10-21-22-11-12-24(29(22,3)14-13-23(21)30)27(33)18-32-19-31-25-7-5-6-8-26(25)32;1-4-23-12-11-21(2,26)13-15(23)5-6-16-17-7-8-19(20(25)14-24)22(17,3)10-9-18(16)23;1-3-5-7-9-11-10-8-6-4-2;/h5-8,19-24,34H,4,9-18H2,1-3H3;15-19,26H,4-14H2,1-3H3;1H,2H3;1H4/t20-,21+,22+,23+,24-,28-,29+,30+;15-,16+,17+,18+,19-,21-,22+,23+;;/m11../s1. The number of aliphatic hydroxyl groups is 2. The number of ketones is 2. The number of halogens is 1. The summed E-state index contributed by atoms with van der Waals surface area (Å²) in [4.78, 5) is 30.8. The number of carbonyl (C=O) groups is 2. The largest absolute Gasteiger partial charge is 0.390 e. The Morgan fingerprint density at radius 2 is 1.14 bits per heavy atom. The fourth-order valence-corrected chi connectivity index (χ4v) is 19.1. The van der Waals surface area contributed by atoms with Crippen molar-refractivity contribution in [3.05, 3.63) is 30.6 Å². The molecule has 2 N–H and O–H groups in total. The van der Waals surface area contributed by atoms with Gasteiger partial charge in [-0.25, -0.2) is 4.98 Å². The quantitative estimate of drug-likeness (QED) is 0.213. The van der Waals surface area contributed by atoms with Crippen LogP contribution in [-0.2, 0) is 16.1 Å². The topological polar surface area (TPSA) is 92.4 Å². The maximum atomic E-state index is 13.7. The van der Waals surface area contributed by atoms with Crippen molar-refractivity contribution < 1.29 is 19.8 Å². The molecular weight excluding hydrogens is 953 g/mol. The number of Topliss-reactive ketones (excluding diaryl/α,β-unsaturated/α-hetero) is 2. The van der Waals surface area contributed by atoms with Crippen LogP contribution in [-0.4, -0.2) is 47.9 Å². The molecule has 0 radical (unpaired) electrons. The SMILES string of the molecule is C.C#CC#CC#CC#CC#CC.CC[C@]12CC[C@@](C)(O)C[C@H]1CC[C@H]1[C@@H]3CC[C@H](C(=O)CBr)[C@@]3(C)CC[C@@H]12.CC[C@]12CC[C@@](C)(O)C[C@H]1CC[C@H]1[C@@H]3CC[C@H](C(=O)Cn4cnc5ccccc54)[C@@]3(C)CC[C@@H]12. The number of alkyl halides is 1. The molecule has 0 saturated heterocycles. The van der Waals surface area contributed by atoms with Crippen LogP contribution in [0.1, 0.15) is 184 Å². The Morgan fingerprint density at radius 3 is 1.62 bits per heavy atom. The highest BCUT2D eigenvalue weighted by molar-refractivity contribution is 9.09. The van der Waals surface area contributed by atoms with E-state index in [9.17, 15) is 19.8 Å². The number of rotatable bonds is 7. The number of hydrogen-bond acceptors (Lipinski definition) is 5. The van der Waals surface area contributed by atoms with Crippen LogP contribution in [0.3, 0.4) is 0 Å². The second-order valence-corrected chi connectivity index (χ2v) is 25.5. The first-order chi connectivity index (χ1) is 34.0. The summed E-state index contributed by atoms with van der Waals surface area (Å²) in [5.41, 5.74) is 2.40. The van der Waals surface area contributed by atoms with Crippen molar-refractivity contribution in [2.75, 3.05) is 5.33 Å². The lowest BCUT2D eigenvalue weighted by atomic mass is 9.42. The van der Waals surface area contributed by atoms with Crippen molar-refractivity contribution in [3.8, 4) is 59.7 Å². The molecule has 0 aliphatic heterocycles. The number of fused-ring (bicyclic) bond motifs is 11. The number of aromatic nitrogens is 2. The van der Waals surface area contributed by atoms with Gasteiger partial charge in [0.15, 0.2) is 5.78 Å². The zero-order chi connectivity index (χ0) is 50.8. The number of nitrogens with zero attached hydrogens (tertiary/aromatic N) is 2. The second-order valence-electron chi connectivity index (χ2n) is 24.9. The molecule has 8 fully saturated rings. The van der Waals surface area contributed by atoms with E-state index in [4.69, 9.17) is 6.42 Å². The minimum absolute atomic E-state index is 0. The van der Waals surface area contributed by atoms with Gasteiger partial charge in [0.1, 0.15) is 5.78 Å². The van der Waals surface area contributed by atoms with Crippen molar-refractivity contribution in [2.24, 2.45) is 80.8 Å². The van der Waals surface area contributed by atoms with Crippen LogP contribution in [0.4, 0.5) is 0 Å². The van der Waals surface area contributed by atoms with Gasteiger partial charge in [0.05, 0.1) is 40.4 Å². The van der Waals surface area contributed by atoms with Crippen LogP contribution in [0.25, 0.3) is 11.0 Å². The Bertz CT molecular complexity index is 2590. The summed E-state index contributed by atoms with van der Waals surface area (Å²) in [5.74, 6) is 29.3. The number of para-hydroxylation sites is 2. The van der Waals surface area contributed by atoms with Crippen molar-refractivity contribution in [3.63, 3.8) is 0 Å². The summed E-state index contributed by atoms with van der Waals surface area (Å²) in [7, 11) is 0. The number of carbonyl (C=O) groups excluding carboxylic acids is 2. The van der Waals surface area contributed by atoms with Gasteiger partial charge in [-0.3, -0.25) is 9.59 Å². The molecule has 1 aromatic heterocycles. The van der Waals surface area contributed by atoms with Crippen molar-refractivity contribution in [1.82, 2.24) is 9.55 Å². The van der Waals surface area contributed by atoms with Crippen LogP contribution in [0.2, 0.25) is 0 Å². The van der Waals surface area contributed by atoms with Crippen LogP contribution in [0, 0.1) is 141 Å². The molecule has 16 atom stereocenters. The van der Waals surface area contributed by atoms with E-state index in [0.29, 0.717) is 52.0 Å². The van der Waals surface area contributed by atoms with Gasteiger partial charge in [0.2, 0.25) is 0 Å². The van der Waals surface area contributed by atoms with Crippen molar-refractivity contribution >= 4 is 38.5 Å². The summed E-state index contributed by atoms with van der Waals surface area (Å²) in [6.07, 6.45) is 30.5. The van der Waals surface area contributed by atoms with Gasteiger partial charge >= 0.3 is 0 Å². The third-order valence-corrected chi connectivity index (χ3v) is 22.5. The lowest BCUT2D eigenvalue weighted by Crippen LogP contribution is -2.56. The fourth-order valence-electron chi connectivity index (χ4n) is 18.7. The molecule has 10 rings (SSSR count). The highest BCUT2D eigenvalue weighted by Gasteiger charge is 2.64. The molecule has 8 aliphatic carbocycles. The molecule has 1 aromatic carbocycles. The Balaban J connectivity index is 0.000000178. The lowest BCUT2D eigenvalue weighted by molar-refractivity contribution is -0.158. The van der Waals surface area contributed by atoms with Gasteiger partial charge in [0.25, 0.3) is 0 Å². The van der Waals surface area contributed by atoms with Crippen molar-refractivity contribution in [2.45, 2.75) is 202 Å². The molecule has 388 valence electrons. The first-order valence-electron chi connectivity index (χ1n) is 27.8. The van der Waals surface area contributed by atoms with E-state index in [0.717, 1.165) is 79.1 Å². The van der Waals surface area contributed by atoms with E-state index in [1.54, 1.807) is 6.92 Å². The molecule has 72 heavy (non-hydrogen) atoms. The molecule has 0 unspecified atom stereocenters. The molecule has 6 nitrogen and oxygen atoms in total. The average Bonchev–Trinajstić information content (AvgIpc) is 4.05. The van der Waals surface area contributed by atoms with E-state index in [-0.39, 0.29) is 30.1 Å². The summed E-state index contributed by atoms with van der Waals surface area (Å²) in [5, 5.41) is 22.1. The number of benzene rings is 1. The molecular formula is C65H87BrN2O4. The van der Waals surface area contributed by atoms with Crippen LogP contribution < -0.4 is 0 Å². The molecule has 8 saturated carbocycles. The third-order valence-electron chi connectivity index (χ3n) is 22.0. The summed E-state index contributed by atoms with van der Waals surface area (Å²) >= 11 is 3.44. The Hall–Kier alpha value is -3.77. The molecule has 8 aliphatic rings. The predicted molar refractivity (Wildman–Crippen MR) is 297 cm³/mol. The Labute approximate surface area is 444 Å². The molecule has 7 heteroatoms. The number of imidazole rings is 1. The minimum Gasteiger partial charge on any atom is -0.390 e. The van der Waals surface area contributed by atoms with Gasteiger partial charge < -0.3 is 14.8 Å². The van der Waals surface area contributed by atoms with Gasteiger partial charge in [-0.2, -0.15) is 0 Å². The second kappa shape index (κ2) is 22.6. The minimum atomic E-state index is -0.471. The van der Waals surface area contributed by atoms with E-state index in [1.807, 2.05) is 24.5 Å². The van der Waals surface area contributed by atoms with E-state index >= 15 is 0 Å². The highest BCUT2D eigenvalue weighted by atomic mass is 79.9. The molecule has 0 spiro atoms. The monoisotopic (exact) mass is 1040 g/mol. The number of terminal acetylenes is 1. The zero-order valence-corrected chi connectivity index (χ0v) is 45.9. The first-order valence-corrected chi connectivity index (χ1v) is 28.9. The van der Waals surface area contributed by atoms with E-state index in [1.165, 1.54) is 89.9 Å². The van der Waals surface area contributed by atoms with Crippen LogP contribution >= 0.6 is 15.9 Å². The maximum absolute atomic E-state index is 13.7. The molecule has 1 heterocycles. The normalized spacial score (nSPS) is 40.6. The zero-order valence-electron chi connectivity index (χ0n) is 44.3. The summed E-state index contributed by atoms with van der Waals surface area (Å²) in [6, 6.07) is 8.14. The van der Waals surface area contributed by atoms with Gasteiger partial charge in [0, 0.05) is 11.8 Å². The first kappa shape index (κ1) is 56.0. The Morgan fingerprint density at radius 1 is 0.653 bits per heavy atom. The third kappa shape index (κ3) is 10.4. The number of hydrogen-bond donors (Lipinski definition) is 2. The Kier molecular flexibility index (Phi) is 17.6. The van der Waals surface area contributed by atoms with E-state index < -0.39 is 11.2 Å². The van der Waals surface area contributed by atoms with Crippen LogP contribution in [0.15, 0.2) is 30.6 Å². The van der Waals surface area contributed by atoms with Gasteiger partial charge in [-0.1, -0.05) is 69.1 Å². The molecule has 2 aromatic rings. The molecule has 0 bridgehead atoms. The maximum Gasteiger partial charge on any atom is 0.156 e. The summed E-state index contributed by atoms with van der Waals surface area (Å²) in [6.45, 7) is 16.0. The van der Waals surface area contributed by atoms with Gasteiger partial charge in [-0.05, 0) is 278 Å². The van der Waals surface area contributed by atoms with Crippen molar-refractivity contribution in [1.29, 1.82) is 0 Å². The summed E-state index contributed by atoms with van der Waals surface area (Å²) < 4.78 is 2.06. The lowest BCUT2D eigenvalue weighted by Gasteiger charge is -2.63. The predicted octanol–water partition coefficient (Wildman–Crippen LogP) is 13.4. The smallest absolute Gasteiger partial charge is 0.156 e.